The first-order valence-corrected chi connectivity index (χ1v) is 8.80. The fourth-order valence-corrected chi connectivity index (χ4v) is 2.80. The van der Waals surface area contributed by atoms with Crippen molar-refractivity contribution in [3.05, 3.63) is 101 Å². The number of hydrogen-bond donors (Lipinski definition) is 2. The molecule has 0 unspecified atom stereocenters. The van der Waals surface area contributed by atoms with Crippen molar-refractivity contribution in [3.8, 4) is 0 Å². The van der Waals surface area contributed by atoms with Crippen LogP contribution < -0.4 is 10.6 Å². The van der Waals surface area contributed by atoms with E-state index in [4.69, 9.17) is 11.6 Å². The van der Waals surface area contributed by atoms with Crippen LogP contribution in [-0.2, 0) is 4.79 Å². The Morgan fingerprint density at radius 3 is 2.07 bits per heavy atom. The Balaban J connectivity index is 1.67. The van der Waals surface area contributed by atoms with Gasteiger partial charge in [0.25, 0.3) is 5.91 Å². The van der Waals surface area contributed by atoms with E-state index in [0.717, 1.165) is 11.1 Å². The monoisotopic (exact) mass is 379 g/mol. The standard InChI is InChI=1S/C21H18ClN3O2/c22-17-11-12-23-18(13-17)21(27)24-14-19(26)25-20(15-7-3-1-4-8-15)16-9-5-2-6-10-16/h1-13,20H,14H2,(H,24,27)(H,25,26). The molecule has 2 N–H and O–H groups in total. The highest BCUT2D eigenvalue weighted by molar-refractivity contribution is 6.30. The van der Waals surface area contributed by atoms with E-state index >= 15 is 0 Å². The highest BCUT2D eigenvalue weighted by Gasteiger charge is 2.17. The lowest BCUT2D eigenvalue weighted by Gasteiger charge is -2.20. The van der Waals surface area contributed by atoms with Crippen LogP contribution in [0.25, 0.3) is 0 Å². The number of carbonyl (C=O) groups is 2. The van der Waals surface area contributed by atoms with Crippen LogP contribution in [0.5, 0.6) is 0 Å². The number of aromatic nitrogens is 1. The van der Waals surface area contributed by atoms with Crippen LogP contribution in [0.15, 0.2) is 79.0 Å². The minimum Gasteiger partial charge on any atom is -0.344 e. The fourth-order valence-electron chi connectivity index (χ4n) is 2.64. The number of rotatable bonds is 6. The third-order valence-corrected chi connectivity index (χ3v) is 4.17. The van der Waals surface area contributed by atoms with Crippen LogP contribution in [0.4, 0.5) is 0 Å². The molecule has 0 radical (unpaired) electrons. The van der Waals surface area contributed by atoms with E-state index in [1.807, 2.05) is 60.7 Å². The van der Waals surface area contributed by atoms with Crippen LogP contribution in [0, 0.1) is 0 Å². The first kappa shape index (κ1) is 18.6. The molecule has 136 valence electrons. The molecule has 5 nitrogen and oxygen atoms in total. The third-order valence-electron chi connectivity index (χ3n) is 3.94. The SMILES string of the molecule is O=C(CNC(=O)c1cc(Cl)ccn1)NC(c1ccccc1)c1ccccc1. The van der Waals surface area contributed by atoms with Crippen molar-refractivity contribution >= 4 is 23.4 Å². The molecule has 0 aliphatic rings. The highest BCUT2D eigenvalue weighted by Crippen LogP contribution is 2.21. The van der Waals surface area contributed by atoms with Crippen molar-refractivity contribution in [2.75, 3.05) is 6.54 Å². The molecule has 1 aromatic heterocycles. The van der Waals surface area contributed by atoms with Gasteiger partial charge in [0, 0.05) is 11.2 Å². The first-order chi connectivity index (χ1) is 13.1. The molecule has 1 heterocycles. The maximum absolute atomic E-state index is 12.4. The number of amides is 2. The van der Waals surface area contributed by atoms with Gasteiger partial charge in [-0.1, -0.05) is 72.3 Å². The maximum atomic E-state index is 12.4. The third kappa shape index (κ3) is 5.15. The van der Waals surface area contributed by atoms with Gasteiger partial charge in [-0.25, -0.2) is 0 Å². The molecule has 27 heavy (non-hydrogen) atoms. The second kappa shape index (κ2) is 8.96. The Kier molecular flexibility index (Phi) is 6.18. The van der Waals surface area contributed by atoms with Gasteiger partial charge in [-0.3, -0.25) is 14.6 Å². The zero-order valence-electron chi connectivity index (χ0n) is 14.4. The number of hydrogen-bond acceptors (Lipinski definition) is 3. The summed E-state index contributed by atoms with van der Waals surface area (Å²) >= 11 is 5.86. The van der Waals surface area contributed by atoms with Crippen molar-refractivity contribution in [1.82, 2.24) is 15.6 Å². The van der Waals surface area contributed by atoms with Crippen LogP contribution >= 0.6 is 11.6 Å². The Hall–Kier alpha value is -3.18. The van der Waals surface area contributed by atoms with Gasteiger partial charge in [0.05, 0.1) is 12.6 Å². The summed E-state index contributed by atoms with van der Waals surface area (Å²) in [5.74, 6) is -0.758. The molecule has 6 heteroatoms. The van der Waals surface area contributed by atoms with Gasteiger partial charge in [-0.05, 0) is 23.3 Å². The molecule has 0 aliphatic carbocycles. The molecule has 0 saturated heterocycles. The van der Waals surface area contributed by atoms with E-state index in [1.165, 1.54) is 12.3 Å². The van der Waals surface area contributed by atoms with Gasteiger partial charge in [-0.2, -0.15) is 0 Å². The minimum absolute atomic E-state index is 0.163. The average Bonchev–Trinajstić information content (AvgIpc) is 2.71. The average molecular weight is 380 g/mol. The van der Waals surface area contributed by atoms with Gasteiger partial charge in [0.2, 0.25) is 5.91 Å². The summed E-state index contributed by atoms with van der Waals surface area (Å²) in [6, 6.07) is 22.1. The zero-order valence-corrected chi connectivity index (χ0v) is 15.2. The molecule has 0 aliphatic heterocycles. The van der Waals surface area contributed by atoms with Crippen LogP contribution in [-0.4, -0.2) is 23.3 Å². The normalized spacial score (nSPS) is 10.4. The van der Waals surface area contributed by atoms with Crippen molar-refractivity contribution in [2.45, 2.75) is 6.04 Å². The van der Waals surface area contributed by atoms with Crippen LogP contribution in [0.2, 0.25) is 5.02 Å². The van der Waals surface area contributed by atoms with Gasteiger partial charge in [0.15, 0.2) is 0 Å². The molecule has 3 rings (SSSR count). The number of nitrogens with zero attached hydrogens (tertiary/aromatic N) is 1. The van der Waals surface area contributed by atoms with Gasteiger partial charge in [-0.15, -0.1) is 0 Å². The second-order valence-electron chi connectivity index (χ2n) is 5.86. The predicted octanol–water partition coefficient (Wildman–Crippen LogP) is 3.37. The molecular formula is C21H18ClN3O2. The summed E-state index contributed by atoms with van der Waals surface area (Å²) in [5, 5.41) is 5.94. The number of halogens is 1. The number of benzene rings is 2. The Labute approximate surface area is 162 Å². The van der Waals surface area contributed by atoms with Gasteiger partial charge in [0.1, 0.15) is 5.69 Å². The Morgan fingerprint density at radius 2 is 1.52 bits per heavy atom. The summed E-state index contributed by atoms with van der Waals surface area (Å²) in [6.45, 7) is -0.163. The molecule has 0 spiro atoms. The van der Waals surface area contributed by atoms with Gasteiger partial charge < -0.3 is 10.6 Å². The summed E-state index contributed by atoms with van der Waals surface area (Å²) in [6.07, 6.45) is 1.44. The Bertz CT molecular complexity index is 877. The molecule has 0 saturated carbocycles. The van der Waals surface area contributed by atoms with Crippen LogP contribution in [0.1, 0.15) is 27.7 Å². The lowest BCUT2D eigenvalue weighted by Crippen LogP contribution is -2.39. The van der Waals surface area contributed by atoms with Gasteiger partial charge >= 0.3 is 0 Å². The van der Waals surface area contributed by atoms with Crippen LogP contribution in [0.3, 0.4) is 0 Å². The van der Waals surface area contributed by atoms with E-state index in [9.17, 15) is 9.59 Å². The quantitative estimate of drug-likeness (QED) is 0.689. The van der Waals surface area contributed by atoms with E-state index in [1.54, 1.807) is 6.07 Å². The maximum Gasteiger partial charge on any atom is 0.270 e. The predicted molar refractivity (Wildman–Crippen MR) is 104 cm³/mol. The van der Waals surface area contributed by atoms with Crippen molar-refractivity contribution in [1.29, 1.82) is 0 Å². The van der Waals surface area contributed by atoms with E-state index in [-0.39, 0.29) is 24.2 Å². The zero-order chi connectivity index (χ0) is 19.1. The number of pyridine rings is 1. The van der Waals surface area contributed by atoms with Crippen molar-refractivity contribution in [2.24, 2.45) is 0 Å². The Morgan fingerprint density at radius 1 is 0.926 bits per heavy atom. The topological polar surface area (TPSA) is 71.1 Å². The summed E-state index contributed by atoms with van der Waals surface area (Å²) < 4.78 is 0. The molecular weight excluding hydrogens is 362 g/mol. The van der Waals surface area contributed by atoms with E-state index < -0.39 is 5.91 Å². The molecule has 0 bridgehead atoms. The van der Waals surface area contributed by atoms with E-state index in [0.29, 0.717) is 5.02 Å². The molecule has 0 fully saturated rings. The second-order valence-corrected chi connectivity index (χ2v) is 6.30. The smallest absolute Gasteiger partial charge is 0.270 e. The molecule has 2 amide bonds. The summed E-state index contributed by atoms with van der Waals surface area (Å²) in [4.78, 5) is 28.5. The minimum atomic E-state index is -0.455. The molecule has 0 atom stereocenters. The van der Waals surface area contributed by atoms with E-state index in [2.05, 4.69) is 15.6 Å². The lowest BCUT2D eigenvalue weighted by atomic mass is 9.99. The first-order valence-electron chi connectivity index (χ1n) is 8.42. The fraction of sp³-hybridized carbons (Fsp3) is 0.0952. The summed E-state index contributed by atoms with van der Waals surface area (Å²) in [7, 11) is 0. The lowest BCUT2D eigenvalue weighted by molar-refractivity contribution is -0.120. The molecule has 2 aromatic carbocycles. The highest BCUT2D eigenvalue weighted by atomic mass is 35.5. The van der Waals surface area contributed by atoms with Crippen molar-refractivity contribution < 1.29 is 9.59 Å². The number of carbonyl (C=O) groups excluding carboxylic acids is 2. The largest absolute Gasteiger partial charge is 0.344 e. The number of nitrogens with one attached hydrogen (secondary N) is 2. The summed E-state index contributed by atoms with van der Waals surface area (Å²) in [5.41, 5.74) is 2.08. The molecule has 3 aromatic rings. The van der Waals surface area contributed by atoms with Crippen molar-refractivity contribution in [3.63, 3.8) is 0 Å².